The summed E-state index contributed by atoms with van der Waals surface area (Å²) in [5.41, 5.74) is -3.14. The second kappa shape index (κ2) is 14.4. The molecular formula is C37H32F7N3O5. The minimum absolute atomic E-state index is 0.00683. The summed E-state index contributed by atoms with van der Waals surface area (Å²) < 4.78 is 115. The lowest BCUT2D eigenvalue weighted by Gasteiger charge is -2.34. The van der Waals surface area contributed by atoms with Gasteiger partial charge < -0.3 is 14.8 Å². The molecule has 8 nitrogen and oxygen atoms in total. The molecule has 0 radical (unpaired) electrons. The Bertz CT molecular complexity index is 2100. The van der Waals surface area contributed by atoms with E-state index in [1.165, 1.54) is 25.1 Å². The number of aryl methyl sites for hydroxylation is 1. The molecule has 2 aliphatic heterocycles. The number of halogens is 7. The van der Waals surface area contributed by atoms with E-state index in [2.05, 4.69) is 5.32 Å². The van der Waals surface area contributed by atoms with E-state index in [1.54, 1.807) is 24.0 Å². The molecule has 0 spiro atoms. The van der Waals surface area contributed by atoms with Gasteiger partial charge in [0.05, 0.1) is 24.6 Å². The van der Waals surface area contributed by atoms with Gasteiger partial charge >= 0.3 is 12.1 Å². The molecule has 4 bridgehead atoms. The Kier molecular flexibility index (Phi) is 10.2. The second-order valence-corrected chi connectivity index (χ2v) is 12.6. The van der Waals surface area contributed by atoms with Gasteiger partial charge in [-0.2, -0.15) is 13.2 Å². The van der Waals surface area contributed by atoms with Crippen molar-refractivity contribution in [3.63, 3.8) is 0 Å². The molecule has 52 heavy (non-hydrogen) atoms. The SMILES string of the molecule is CCOC(=O)C[C@@H]1NC(=O)[C@H](n2cc(CCN3CC(F)C3)c(C(F)(F)F)cc2=O)c2cc(ccc2F)Oc2cccc(C)c2-c2cc(F)c(F)c1c2. The van der Waals surface area contributed by atoms with Gasteiger partial charge in [-0.3, -0.25) is 23.9 Å². The first-order chi connectivity index (χ1) is 24.6. The fraction of sp³-hybridized carbons (Fsp3) is 0.324. The van der Waals surface area contributed by atoms with Crippen LogP contribution in [-0.2, 0) is 26.9 Å². The van der Waals surface area contributed by atoms with E-state index in [0.717, 1.165) is 24.4 Å². The van der Waals surface area contributed by atoms with Crippen LogP contribution in [0.25, 0.3) is 11.1 Å². The van der Waals surface area contributed by atoms with Gasteiger partial charge in [0, 0.05) is 48.6 Å². The lowest BCUT2D eigenvalue weighted by Crippen LogP contribution is -2.49. The van der Waals surface area contributed by atoms with Crippen molar-refractivity contribution in [2.24, 2.45) is 0 Å². The Labute approximate surface area is 292 Å². The zero-order valence-electron chi connectivity index (χ0n) is 27.8. The molecule has 4 aromatic rings. The Morgan fingerprint density at radius 3 is 2.44 bits per heavy atom. The van der Waals surface area contributed by atoms with Gasteiger partial charge in [-0.15, -0.1) is 0 Å². The summed E-state index contributed by atoms with van der Waals surface area (Å²) in [4.78, 5) is 42.3. The standard InChI is InChI=1S/C37H32F7N3O5/c1-3-51-32(49)15-29-25-11-21(12-28(40)34(25)41)33-19(2)5-4-6-30(33)52-23-7-8-27(39)24(13-23)35(36(50)45-29)47-16-20(9-10-46-17-22(38)18-46)26(14-31(47)48)37(42,43)44/h4-8,11-14,16,22,29,35H,3,9-10,15,17-18H2,1-2H3,(H,45,50)/t29-,35+/m0/s1. The molecule has 0 unspecified atom stereocenters. The van der Waals surface area contributed by atoms with Crippen molar-refractivity contribution in [1.29, 1.82) is 0 Å². The fourth-order valence-electron chi connectivity index (χ4n) is 6.54. The van der Waals surface area contributed by atoms with Gasteiger partial charge in [0.1, 0.15) is 29.5 Å². The molecule has 6 rings (SSSR count). The normalized spacial score (nSPS) is 17.8. The molecule has 1 N–H and O–H groups in total. The zero-order valence-corrected chi connectivity index (χ0v) is 27.8. The van der Waals surface area contributed by atoms with Crippen LogP contribution in [0, 0.1) is 24.4 Å². The predicted octanol–water partition coefficient (Wildman–Crippen LogP) is 6.96. The Morgan fingerprint density at radius 1 is 1.00 bits per heavy atom. The van der Waals surface area contributed by atoms with E-state index in [9.17, 15) is 31.9 Å². The number of carbonyl (C=O) groups excluding carboxylic acids is 2. The summed E-state index contributed by atoms with van der Waals surface area (Å²) in [5, 5.41) is 2.42. The first kappa shape index (κ1) is 36.6. The number of hydrogen-bond acceptors (Lipinski definition) is 6. The Balaban J connectivity index is 1.58. The maximum atomic E-state index is 15.9. The molecule has 3 aromatic carbocycles. The zero-order chi connectivity index (χ0) is 37.5. The monoisotopic (exact) mass is 731 g/mol. The van der Waals surface area contributed by atoms with Crippen LogP contribution in [0.4, 0.5) is 30.7 Å². The highest BCUT2D eigenvalue weighted by Crippen LogP contribution is 2.40. The van der Waals surface area contributed by atoms with Gasteiger partial charge in [-0.1, -0.05) is 12.1 Å². The lowest BCUT2D eigenvalue weighted by molar-refractivity contribution is -0.144. The van der Waals surface area contributed by atoms with Crippen molar-refractivity contribution >= 4 is 11.9 Å². The average molecular weight is 732 g/mol. The minimum atomic E-state index is -5.00. The van der Waals surface area contributed by atoms with Crippen LogP contribution in [0.1, 0.15) is 53.2 Å². The highest BCUT2D eigenvalue weighted by molar-refractivity contribution is 5.85. The molecule has 2 atom stereocenters. The lowest BCUT2D eigenvalue weighted by atomic mass is 9.93. The molecule has 1 fully saturated rings. The van der Waals surface area contributed by atoms with Gasteiger partial charge in [0.2, 0.25) is 5.91 Å². The number of nitrogens with one attached hydrogen (secondary N) is 1. The van der Waals surface area contributed by atoms with E-state index >= 15 is 13.2 Å². The van der Waals surface area contributed by atoms with Crippen LogP contribution in [-0.4, -0.2) is 53.8 Å². The number of likely N-dealkylation sites (tertiary alicyclic amines) is 1. The van der Waals surface area contributed by atoms with Crippen LogP contribution < -0.4 is 15.6 Å². The van der Waals surface area contributed by atoms with Gasteiger partial charge in [-0.25, -0.2) is 17.6 Å². The number of carbonyl (C=O) groups is 2. The third kappa shape index (κ3) is 7.40. The molecule has 0 aliphatic carbocycles. The van der Waals surface area contributed by atoms with Crippen molar-refractivity contribution < 1.29 is 49.8 Å². The van der Waals surface area contributed by atoms with Gasteiger partial charge in [0.15, 0.2) is 11.6 Å². The molecule has 0 saturated carbocycles. The minimum Gasteiger partial charge on any atom is -0.466 e. The first-order valence-electron chi connectivity index (χ1n) is 16.4. The fourth-order valence-corrected chi connectivity index (χ4v) is 6.54. The number of hydrogen-bond donors (Lipinski definition) is 1. The topological polar surface area (TPSA) is 89.9 Å². The highest BCUT2D eigenvalue weighted by Gasteiger charge is 2.38. The molecule has 1 saturated heterocycles. The van der Waals surface area contributed by atoms with Crippen molar-refractivity contribution in [2.75, 3.05) is 26.2 Å². The number of benzene rings is 3. The number of esters is 1. The molecular weight excluding hydrogens is 699 g/mol. The van der Waals surface area contributed by atoms with Gasteiger partial charge in [-0.05, 0) is 73.4 Å². The number of fused-ring (bicyclic) bond motifs is 6. The maximum Gasteiger partial charge on any atom is 0.416 e. The Hall–Kier alpha value is -5.18. The number of alkyl halides is 4. The highest BCUT2D eigenvalue weighted by atomic mass is 19.4. The third-order valence-electron chi connectivity index (χ3n) is 9.04. The summed E-state index contributed by atoms with van der Waals surface area (Å²) in [5.74, 6) is -5.96. The third-order valence-corrected chi connectivity index (χ3v) is 9.04. The van der Waals surface area contributed by atoms with Crippen molar-refractivity contribution in [3.8, 4) is 22.6 Å². The van der Waals surface area contributed by atoms with Gasteiger partial charge in [0.25, 0.3) is 5.56 Å². The predicted molar refractivity (Wildman–Crippen MR) is 174 cm³/mol. The number of nitrogens with zero attached hydrogens (tertiary/aromatic N) is 2. The van der Waals surface area contributed by atoms with E-state index in [0.29, 0.717) is 15.7 Å². The second-order valence-electron chi connectivity index (χ2n) is 12.6. The molecule has 15 heteroatoms. The number of ether oxygens (including phenoxy) is 2. The van der Waals surface area contributed by atoms with Crippen LogP contribution in [0.3, 0.4) is 0 Å². The molecule has 1 amide bonds. The Morgan fingerprint density at radius 2 is 1.75 bits per heavy atom. The summed E-state index contributed by atoms with van der Waals surface area (Å²) in [6.45, 7) is 3.07. The van der Waals surface area contributed by atoms with Crippen molar-refractivity contribution in [2.45, 2.75) is 51.1 Å². The summed E-state index contributed by atoms with van der Waals surface area (Å²) >= 11 is 0. The molecule has 3 heterocycles. The van der Waals surface area contributed by atoms with Crippen molar-refractivity contribution in [1.82, 2.24) is 14.8 Å². The van der Waals surface area contributed by atoms with E-state index in [4.69, 9.17) is 9.47 Å². The smallest absolute Gasteiger partial charge is 0.416 e. The molecule has 2 aliphatic rings. The number of amides is 1. The van der Waals surface area contributed by atoms with Crippen molar-refractivity contribution in [3.05, 3.63) is 116 Å². The van der Waals surface area contributed by atoms with Crippen LogP contribution in [0.2, 0.25) is 0 Å². The largest absolute Gasteiger partial charge is 0.466 e. The number of aromatic nitrogens is 1. The van der Waals surface area contributed by atoms with Crippen LogP contribution in [0.15, 0.2) is 65.6 Å². The summed E-state index contributed by atoms with van der Waals surface area (Å²) in [6, 6.07) is 6.71. The number of pyridine rings is 1. The van der Waals surface area contributed by atoms with E-state index in [-0.39, 0.29) is 55.8 Å². The number of rotatable bonds is 7. The van der Waals surface area contributed by atoms with Crippen LogP contribution >= 0.6 is 0 Å². The van der Waals surface area contributed by atoms with E-state index in [1.807, 2.05) is 0 Å². The first-order valence-corrected chi connectivity index (χ1v) is 16.4. The van der Waals surface area contributed by atoms with Crippen LogP contribution in [0.5, 0.6) is 11.5 Å². The average Bonchev–Trinajstić information content (AvgIpc) is 3.06. The maximum absolute atomic E-state index is 15.9. The molecule has 1 aromatic heterocycles. The van der Waals surface area contributed by atoms with E-state index < -0.39 is 88.0 Å². The quantitative estimate of drug-likeness (QED) is 0.163. The molecule has 274 valence electrons. The summed E-state index contributed by atoms with van der Waals surface area (Å²) in [7, 11) is 0. The summed E-state index contributed by atoms with van der Waals surface area (Å²) in [6.07, 6.45) is -6.41.